The lowest BCUT2D eigenvalue weighted by Gasteiger charge is -2.21. The Bertz CT molecular complexity index is 799. The lowest BCUT2D eigenvalue weighted by molar-refractivity contribution is 0.157. The number of methoxy groups -OCH3 is 1. The molecule has 0 saturated carbocycles. The Labute approximate surface area is 165 Å². The average molecular weight is 386 g/mol. The molecule has 1 aromatic carbocycles. The molecule has 2 heterocycles. The first-order valence-corrected chi connectivity index (χ1v) is 9.59. The molecule has 0 bridgehead atoms. The Kier molecular flexibility index (Phi) is 7.19. The van der Waals surface area contributed by atoms with E-state index >= 15 is 0 Å². The number of rotatable bonds is 7. The minimum absolute atomic E-state index is 0.345. The van der Waals surface area contributed by atoms with Gasteiger partial charge in [-0.05, 0) is 31.5 Å². The van der Waals surface area contributed by atoms with Crippen molar-refractivity contribution < 1.29 is 13.9 Å². The summed E-state index contributed by atoms with van der Waals surface area (Å²) in [6.07, 6.45) is 2.75. The van der Waals surface area contributed by atoms with Crippen molar-refractivity contribution in [3.05, 3.63) is 54.0 Å². The van der Waals surface area contributed by atoms with Gasteiger partial charge in [0.25, 0.3) is 0 Å². The number of likely N-dealkylation sites (tertiary alicyclic amines) is 1. The number of ether oxygens (including phenoxy) is 2. The number of nitrogens with zero attached hydrogens (tertiary/aromatic N) is 3. The summed E-state index contributed by atoms with van der Waals surface area (Å²) in [5.41, 5.74) is 0.842. The number of halogens is 1. The second-order valence-electron chi connectivity index (χ2n) is 6.75. The van der Waals surface area contributed by atoms with Crippen molar-refractivity contribution in [1.29, 1.82) is 0 Å². The molecule has 1 saturated heterocycles. The zero-order valence-electron chi connectivity index (χ0n) is 16.4. The molecule has 3 rings (SSSR count). The van der Waals surface area contributed by atoms with Crippen LogP contribution < -0.4 is 10.1 Å². The second kappa shape index (κ2) is 10.0. The molecule has 7 heteroatoms. The first-order chi connectivity index (χ1) is 13.7. The summed E-state index contributed by atoms with van der Waals surface area (Å²) in [5, 5.41) is 3.36. The number of nitrogens with one attached hydrogen (secondary N) is 1. The Hall–Kier alpha value is -2.67. The third-order valence-corrected chi connectivity index (χ3v) is 4.58. The summed E-state index contributed by atoms with van der Waals surface area (Å²) in [6, 6.07) is 9.80. The first kappa shape index (κ1) is 20.1. The van der Waals surface area contributed by atoms with Gasteiger partial charge in [0, 0.05) is 50.5 Å². The molecule has 0 aliphatic carbocycles. The summed E-state index contributed by atoms with van der Waals surface area (Å²) in [4.78, 5) is 11.3. The van der Waals surface area contributed by atoms with Crippen LogP contribution >= 0.6 is 0 Å². The van der Waals surface area contributed by atoms with E-state index in [4.69, 9.17) is 14.5 Å². The maximum absolute atomic E-state index is 13.4. The zero-order chi connectivity index (χ0) is 19.8. The molecule has 1 atom stereocenters. The van der Waals surface area contributed by atoms with Gasteiger partial charge in [0.2, 0.25) is 5.88 Å². The van der Waals surface area contributed by atoms with Gasteiger partial charge in [-0.2, -0.15) is 0 Å². The number of aromatic nitrogens is 1. The molecule has 1 unspecified atom stereocenters. The van der Waals surface area contributed by atoms with Crippen LogP contribution in [0.4, 0.5) is 4.39 Å². The number of hydrogen-bond donors (Lipinski definition) is 1. The van der Waals surface area contributed by atoms with E-state index in [1.165, 1.54) is 12.1 Å². The number of hydrogen-bond acceptors (Lipinski definition) is 4. The van der Waals surface area contributed by atoms with Gasteiger partial charge in [-0.1, -0.05) is 12.1 Å². The van der Waals surface area contributed by atoms with E-state index < -0.39 is 0 Å². The standard InChI is InChI=1S/C21H27FN4O2/c1-3-23-21(26-11-9-16(14-26)15-27-2)25-13-17-6-5-10-24-20(17)28-19-8-4-7-18(22)12-19/h4-8,10,12,16H,3,9,11,13-15H2,1-2H3,(H,23,25). The molecule has 6 nitrogen and oxygen atoms in total. The average Bonchev–Trinajstić information content (AvgIpc) is 3.15. The number of aliphatic imine (C=N–C) groups is 1. The molecule has 1 aliphatic heterocycles. The van der Waals surface area contributed by atoms with Gasteiger partial charge in [0.1, 0.15) is 11.6 Å². The van der Waals surface area contributed by atoms with Gasteiger partial charge in [-0.15, -0.1) is 0 Å². The first-order valence-electron chi connectivity index (χ1n) is 9.59. The van der Waals surface area contributed by atoms with Crippen LogP contribution in [0.1, 0.15) is 18.9 Å². The maximum Gasteiger partial charge on any atom is 0.224 e. The number of benzene rings is 1. The van der Waals surface area contributed by atoms with Crippen molar-refractivity contribution in [2.45, 2.75) is 19.9 Å². The summed E-state index contributed by atoms with van der Waals surface area (Å²) < 4.78 is 24.5. The zero-order valence-corrected chi connectivity index (χ0v) is 16.4. The highest BCUT2D eigenvalue weighted by Crippen LogP contribution is 2.24. The fraction of sp³-hybridized carbons (Fsp3) is 0.429. The molecule has 1 fully saturated rings. The molecular weight excluding hydrogens is 359 g/mol. The van der Waals surface area contributed by atoms with Gasteiger partial charge in [-0.3, -0.25) is 0 Å². The fourth-order valence-corrected chi connectivity index (χ4v) is 3.26. The van der Waals surface area contributed by atoms with Crippen molar-refractivity contribution in [3.63, 3.8) is 0 Å². The largest absolute Gasteiger partial charge is 0.439 e. The van der Waals surface area contributed by atoms with Crippen LogP contribution in [0.2, 0.25) is 0 Å². The summed E-state index contributed by atoms with van der Waals surface area (Å²) in [5.74, 6) is 1.91. The fourth-order valence-electron chi connectivity index (χ4n) is 3.26. The molecule has 0 spiro atoms. The van der Waals surface area contributed by atoms with Gasteiger partial charge in [0.05, 0.1) is 13.2 Å². The highest BCUT2D eigenvalue weighted by Gasteiger charge is 2.24. The van der Waals surface area contributed by atoms with Crippen LogP contribution in [0, 0.1) is 11.7 Å². The van der Waals surface area contributed by atoms with Gasteiger partial charge >= 0.3 is 0 Å². The Morgan fingerprint density at radius 3 is 3.04 bits per heavy atom. The van der Waals surface area contributed by atoms with Crippen LogP contribution in [-0.2, 0) is 11.3 Å². The highest BCUT2D eigenvalue weighted by molar-refractivity contribution is 5.80. The summed E-state index contributed by atoms with van der Waals surface area (Å²) in [6.45, 7) is 5.93. The van der Waals surface area contributed by atoms with E-state index in [2.05, 4.69) is 22.1 Å². The predicted molar refractivity (Wildman–Crippen MR) is 107 cm³/mol. The molecule has 1 aliphatic rings. The van der Waals surface area contributed by atoms with Gasteiger partial charge in [-0.25, -0.2) is 14.4 Å². The molecule has 0 radical (unpaired) electrons. The van der Waals surface area contributed by atoms with Crippen molar-refractivity contribution in [2.24, 2.45) is 10.9 Å². The SMILES string of the molecule is CCNC(=NCc1cccnc1Oc1cccc(F)c1)N1CCC(COC)C1. The molecule has 2 aromatic rings. The lowest BCUT2D eigenvalue weighted by Crippen LogP contribution is -2.40. The molecule has 1 aromatic heterocycles. The number of pyridine rings is 1. The van der Waals surface area contributed by atoms with Crippen molar-refractivity contribution in [1.82, 2.24) is 15.2 Å². The highest BCUT2D eigenvalue weighted by atomic mass is 19.1. The summed E-state index contributed by atoms with van der Waals surface area (Å²) >= 11 is 0. The van der Waals surface area contributed by atoms with Gasteiger partial charge in [0.15, 0.2) is 5.96 Å². The molecule has 150 valence electrons. The predicted octanol–water partition coefficient (Wildman–Crippen LogP) is 3.45. The topological polar surface area (TPSA) is 59.0 Å². The Morgan fingerprint density at radius 1 is 1.36 bits per heavy atom. The van der Waals surface area contributed by atoms with E-state index in [1.54, 1.807) is 25.4 Å². The Morgan fingerprint density at radius 2 is 2.25 bits per heavy atom. The van der Waals surface area contributed by atoms with Crippen LogP contribution in [0.15, 0.2) is 47.6 Å². The van der Waals surface area contributed by atoms with E-state index in [0.717, 1.165) is 44.2 Å². The van der Waals surface area contributed by atoms with E-state index in [-0.39, 0.29) is 5.82 Å². The lowest BCUT2D eigenvalue weighted by atomic mass is 10.1. The van der Waals surface area contributed by atoms with Crippen LogP contribution in [0.5, 0.6) is 11.6 Å². The smallest absolute Gasteiger partial charge is 0.224 e. The molecular formula is C21H27FN4O2. The van der Waals surface area contributed by atoms with Gasteiger partial charge < -0.3 is 19.7 Å². The molecule has 1 N–H and O–H groups in total. The van der Waals surface area contributed by atoms with Crippen LogP contribution in [0.3, 0.4) is 0 Å². The summed E-state index contributed by atoms with van der Waals surface area (Å²) in [7, 11) is 1.74. The van der Waals surface area contributed by atoms with E-state index in [9.17, 15) is 4.39 Å². The normalized spacial score (nSPS) is 17.0. The Balaban J connectivity index is 1.72. The van der Waals surface area contributed by atoms with Crippen LogP contribution in [-0.4, -0.2) is 49.2 Å². The van der Waals surface area contributed by atoms with Crippen molar-refractivity contribution >= 4 is 5.96 Å². The van der Waals surface area contributed by atoms with Crippen LogP contribution in [0.25, 0.3) is 0 Å². The van der Waals surface area contributed by atoms with Crippen molar-refractivity contribution in [2.75, 3.05) is 33.4 Å². The van der Waals surface area contributed by atoms with E-state index in [0.29, 0.717) is 24.1 Å². The number of guanidine groups is 1. The third kappa shape index (κ3) is 5.42. The molecule has 28 heavy (non-hydrogen) atoms. The quantitative estimate of drug-likeness (QED) is 0.583. The maximum atomic E-state index is 13.4. The van der Waals surface area contributed by atoms with E-state index in [1.807, 2.05) is 12.1 Å². The second-order valence-corrected chi connectivity index (χ2v) is 6.75. The molecule has 0 amide bonds. The third-order valence-electron chi connectivity index (χ3n) is 4.58. The monoisotopic (exact) mass is 386 g/mol. The van der Waals surface area contributed by atoms with Crippen molar-refractivity contribution in [3.8, 4) is 11.6 Å². The minimum atomic E-state index is -0.345. The minimum Gasteiger partial charge on any atom is -0.439 e.